The van der Waals surface area contributed by atoms with Gasteiger partial charge in [0, 0.05) is 6.20 Å². The predicted molar refractivity (Wildman–Crippen MR) is 73.9 cm³/mol. The molecule has 0 aliphatic heterocycles. The van der Waals surface area contributed by atoms with Crippen molar-refractivity contribution in [1.82, 2.24) is 9.97 Å². The molecule has 4 nitrogen and oxygen atoms in total. The van der Waals surface area contributed by atoms with Crippen LogP contribution < -0.4 is 5.32 Å². The average molecular weight is 327 g/mol. The molecule has 1 amide bonds. The maximum atomic E-state index is 12.0. The van der Waals surface area contributed by atoms with E-state index in [0.29, 0.717) is 11.3 Å². The Bertz CT molecular complexity index is 604. The van der Waals surface area contributed by atoms with Crippen LogP contribution in [0, 0.1) is 6.92 Å². The summed E-state index contributed by atoms with van der Waals surface area (Å²) in [5.41, 5.74) is 1.88. The van der Waals surface area contributed by atoms with Gasteiger partial charge in [-0.15, -0.1) is 0 Å². The van der Waals surface area contributed by atoms with Gasteiger partial charge in [0.25, 0.3) is 5.91 Å². The second-order valence-corrected chi connectivity index (χ2v) is 4.74. The maximum Gasteiger partial charge on any atom is 0.258 e. The van der Waals surface area contributed by atoms with E-state index in [-0.39, 0.29) is 11.1 Å². The van der Waals surface area contributed by atoms with Crippen molar-refractivity contribution < 1.29 is 4.79 Å². The summed E-state index contributed by atoms with van der Waals surface area (Å²) in [5, 5.41) is 2.90. The molecule has 0 bridgehead atoms. The minimum absolute atomic E-state index is 0.178. The number of anilines is 1. The highest BCUT2D eigenvalue weighted by Gasteiger charge is 2.11. The Labute approximate surface area is 118 Å². The molecule has 6 heteroatoms. The van der Waals surface area contributed by atoms with Gasteiger partial charge in [-0.3, -0.25) is 4.79 Å². The molecule has 2 aromatic heterocycles. The van der Waals surface area contributed by atoms with Crippen LogP contribution in [0.2, 0.25) is 5.15 Å². The van der Waals surface area contributed by atoms with Gasteiger partial charge in [-0.05, 0) is 46.6 Å². The van der Waals surface area contributed by atoms with Crippen molar-refractivity contribution >= 4 is 39.1 Å². The quantitative estimate of drug-likeness (QED) is 0.860. The number of hydrogen-bond donors (Lipinski definition) is 1. The van der Waals surface area contributed by atoms with Crippen molar-refractivity contribution in [1.29, 1.82) is 0 Å². The molecule has 0 unspecified atom stereocenters. The van der Waals surface area contributed by atoms with Gasteiger partial charge < -0.3 is 5.32 Å². The second-order valence-electron chi connectivity index (χ2n) is 3.63. The van der Waals surface area contributed by atoms with Crippen molar-refractivity contribution in [3.05, 3.63) is 51.5 Å². The monoisotopic (exact) mass is 325 g/mol. The van der Waals surface area contributed by atoms with Crippen molar-refractivity contribution in [2.24, 2.45) is 0 Å². The molecule has 2 heterocycles. The molecule has 1 N–H and O–H groups in total. The lowest BCUT2D eigenvalue weighted by molar-refractivity contribution is 0.102. The Hall–Kier alpha value is -1.46. The lowest BCUT2D eigenvalue weighted by atomic mass is 10.2. The van der Waals surface area contributed by atoms with Crippen LogP contribution in [-0.4, -0.2) is 15.9 Å². The van der Waals surface area contributed by atoms with Crippen molar-refractivity contribution in [3.8, 4) is 0 Å². The number of pyridine rings is 2. The van der Waals surface area contributed by atoms with Gasteiger partial charge in [0.2, 0.25) is 0 Å². The van der Waals surface area contributed by atoms with Crippen LogP contribution >= 0.6 is 27.5 Å². The average Bonchev–Trinajstić information content (AvgIpc) is 2.34. The Balaban J connectivity index is 2.22. The minimum atomic E-state index is -0.309. The summed E-state index contributed by atoms with van der Waals surface area (Å²) >= 11 is 9.14. The first-order chi connectivity index (χ1) is 8.58. The second kappa shape index (κ2) is 5.46. The zero-order valence-electron chi connectivity index (χ0n) is 9.45. The van der Waals surface area contributed by atoms with E-state index >= 15 is 0 Å². The smallest absolute Gasteiger partial charge is 0.258 e. The summed E-state index contributed by atoms with van der Waals surface area (Å²) in [6.07, 6.45) is 3.10. The number of nitrogens with one attached hydrogen (secondary N) is 1. The van der Waals surface area contributed by atoms with Gasteiger partial charge in [-0.25, -0.2) is 9.97 Å². The van der Waals surface area contributed by atoms with Crippen LogP contribution in [0.5, 0.6) is 0 Å². The Morgan fingerprint density at radius 2 is 2.22 bits per heavy atom. The number of aromatic nitrogens is 2. The molecule has 0 fully saturated rings. The summed E-state index contributed by atoms with van der Waals surface area (Å²) in [6, 6.07) is 5.09. The normalized spacial score (nSPS) is 10.2. The lowest BCUT2D eigenvalue weighted by Gasteiger charge is -2.07. The molecule has 0 aromatic carbocycles. The number of hydrogen-bond acceptors (Lipinski definition) is 3. The molecule has 92 valence electrons. The lowest BCUT2D eigenvalue weighted by Crippen LogP contribution is -2.13. The van der Waals surface area contributed by atoms with E-state index in [1.54, 1.807) is 18.3 Å². The van der Waals surface area contributed by atoms with Crippen LogP contribution in [-0.2, 0) is 0 Å². The number of nitrogens with zero attached hydrogens (tertiary/aromatic N) is 2. The van der Waals surface area contributed by atoms with E-state index < -0.39 is 0 Å². The molecule has 0 saturated carbocycles. The fraction of sp³-hybridized carbons (Fsp3) is 0.0833. The van der Waals surface area contributed by atoms with Gasteiger partial charge in [0.05, 0.1) is 17.4 Å². The van der Waals surface area contributed by atoms with Crippen molar-refractivity contribution in [2.75, 3.05) is 5.32 Å². The number of carbonyl (C=O) groups is 1. The van der Waals surface area contributed by atoms with Gasteiger partial charge in [-0.1, -0.05) is 11.6 Å². The van der Waals surface area contributed by atoms with Crippen LogP contribution in [0.25, 0.3) is 0 Å². The third kappa shape index (κ3) is 2.86. The molecular formula is C12H9BrClN3O. The standard InChI is InChI=1S/C12H9BrClN3O/c1-7-5-8(6-16-10(7)13)17-12(18)9-3-2-4-15-11(9)14/h2-6H,1H3,(H,17,18). The molecule has 0 radical (unpaired) electrons. The van der Waals surface area contributed by atoms with Gasteiger partial charge in [-0.2, -0.15) is 0 Å². The van der Waals surface area contributed by atoms with E-state index in [9.17, 15) is 4.79 Å². The zero-order chi connectivity index (χ0) is 13.1. The molecule has 0 aliphatic carbocycles. The Morgan fingerprint density at radius 3 is 2.89 bits per heavy atom. The summed E-state index contributed by atoms with van der Waals surface area (Å²) in [4.78, 5) is 19.9. The van der Waals surface area contributed by atoms with Crippen LogP contribution in [0.4, 0.5) is 5.69 Å². The summed E-state index contributed by atoms with van der Waals surface area (Å²) in [7, 11) is 0. The summed E-state index contributed by atoms with van der Waals surface area (Å²) in [5.74, 6) is -0.309. The summed E-state index contributed by atoms with van der Waals surface area (Å²) in [6.45, 7) is 1.89. The number of rotatable bonds is 2. The number of halogens is 2. The third-order valence-electron chi connectivity index (χ3n) is 2.28. The fourth-order valence-electron chi connectivity index (χ4n) is 1.38. The first-order valence-corrected chi connectivity index (χ1v) is 6.29. The van der Waals surface area contributed by atoms with Gasteiger partial charge >= 0.3 is 0 Å². The summed E-state index contributed by atoms with van der Waals surface area (Å²) < 4.78 is 0.750. The third-order valence-corrected chi connectivity index (χ3v) is 3.41. The molecule has 18 heavy (non-hydrogen) atoms. The van der Waals surface area contributed by atoms with Crippen molar-refractivity contribution in [3.63, 3.8) is 0 Å². The first kappa shape index (κ1) is 13.0. The largest absolute Gasteiger partial charge is 0.320 e. The van der Waals surface area contributed by atoms with Gasteiger partial charge in [0.1, 0.15) is 9.76 Å². The van der Waals surface area contributed by atoms with Crippen LogP contribution in [0.1, 0.15) is 15.9 Å². The zero-order valence-corrected chi connectivity index (χ0v) is 11.8. The number of carbonyl (C=O) groups excluding carboxylic acids is 1. The molecular weight excluding hydrogens is 318 g/mol. The molecule has 0 saturated heterocycles. The molecule has 0 aliphatic rings. The van der Waals surface area contributed by atoms with E-state index in [0.717, 1.165) is 10.2 Å². The highest BCUT2D eigenvalue weighted by Crippen LogP contribution is 2.18. The van der Waals surface area contributed by atoms with Crippen molar-refractivity contribution in [2.45, 2.75) is 6.92 Å². The van der Waals surface area contributed by atoms with E-state index in [4.69, 9.17) is 11.6 Å². The van der Waals surface area contributed by atoms with Crippen LogP contribution in [0.15, 0.2) is 35.2 Å². The fourth-order valence-corrected chi connectivity index (χ4v) is 1.80. The van der Waals surface area contributed by atoms with E-state index in [2.05, 4.69) is 31.2 Å². The van der Waals surface area contributed by atoms with E-state index in [1.807, 2.05) is 13.0 Å². The Kier molecular flexibility index (Phi) is 3.93. The van der Waals surface area contributed by atoms with E-state index in [1.165, 1.54) is 6.20 Å². The number of aryl methyl sites for hydroxylation is 1. The molecule has 2 aromatic rings. The first-order valence-electron chi connectivity index (χ1n) is 5.12. The highest BCUT2D eigenvalue weighted by atomic mass is 79.9. The minimum Gasteiger partial charge on any atom is -0.320 e. The highest BCUT2D eigenvalue weighted by molar-refractivity contribution is 9.10. The predicted octanol–water partition coefficient (Wildman–Crippen LogP) is 3.45. The van der Waals surface area contributed by atoms with Crippen LogP contribution in [0.3, 0.4) is 0 Å². The SMILES string of the molecule is Cc1cc(NC(=O)c2cccnc2Cl)cnc1Br. The number of amides is 1. The topological polar surface area (TPSA) is 54.9 Å². The molecule has 2 rings (SSSR count). The molecule has 0 spiro atoms. The van der Waals surface area contributed by atoms with Gasteiger partial charge in [0.15, 0.2) is 0 Å². The Morgan fingerprint density at radius 1 is 1.44 bits per heavy atom. The molecule has 0 atom stereocenters. The maximum absolute atomic E-state index is 12.0.